The third-order valence-corrected chi connectivity index (χ3v) is 2.93. The van der Waals surface area contributed by atoms with Crippen LogP contribution in [0.15, 0.2) is 46.4 Å². The number of rotatable bonds is 3. The fourth-order valence-corrected chi connectivity index (χ4v) is 2.06. The Labute approximate surface area is 87.4 Å². The maximum atomic E-state index is 5.15. The maximum Gasteiger partial charge on any atom is 0.255 e. The highest BCUT2D eigenvalue weighted by molar-refractivity contribution is 7.98. The minimum atomic E-state index is 0.730. The molecule has 0 spiro atoms. The van der Waals surface area contributed by atoms with Gasteiger partial charge in [0.05, 0.1) is 6.20 Å². The van der Waals surface area contributed by atoms with Crippen LogP contribution in [0.1, 0.15) is 11.1 Å². The predicted octanol–water partition coefficient (Wildman–Crippen LogP) is 3.28. The van der Waals surface area contributed by atoms with Gasteiger partial charge in [0.1, 0.15) is 6.26 Å². The molecule has 0 fully saturated rings. The Morgan fingerprint density at radius 1 is 1.36 bits per heavy atom. The Bertz CT molecular complexity index is 397. The quantitative estimate of drug-likeness (QED) is 0.719. The standard InChI is InChI=1S/C11H11NOS/c1-9-4-2-3-5-10(9)8-14-11-12-6-7-13-11/h2-7H,8H2,1H3. The first-order chi connectivity index (χ1) is 6.86. The molecule has 1 aromatic heterocycles. The highest BCUT2D eigenvalue weighted by Gasteiger charge is 2.01. The zero-order valence-corrected chi connectivity index (χ0v) is 8.75. The van der Waals surface area contributed by atoms with Crippen molar-refractivity contribution in [2.24, 2.45) is 0 Å². The van der Waals surface area contributed by atoms with Crippen molar-refractivity contribution in [3.63, 3.8) is 0 Å². The molecule has 2 rings (SSSR count). The number of aromatic nitrogens is 1. The topological polar surface area (TPSA) is 26.0 Å². The van der Waals surface area contributed by atoms with Gasteiger partial charge in [0.25, 0.3) is 5.22 Å². The summed E-state index contributed by atoms with van der Waals surface area (Å²) in [6.07, 6.45) is 3.26. The van der Waals surface area contributed by atoms with Crippen molar-refractivity contribution in [1.29, 1.82) is 0 Å². The minimum absolute atomic E-state index is 0.730. The molecule has 0 amide bonds. The molecule has 1 aromatic carbocycles. The SMILES string of the molecule is Cc1ccccc1CSc1ncco1. The Hall–Kier alpha value is -1.22. The monoisotopic (exact) mass is 205 g/mol. The molecule has 0 unspecified atom stereocenters. The van der Waals surface area contributed by atoms with E-state index >= 15 is 0 Å². The Kier molecular flexibility index (Phi) is 2.89. The first-order valence-electron chi connectivity index (χ1n) is 4.43. The van der Waals surface area contributed by atoms with Crippen molar-refractivity contribution in [2.45, 2.75) is 17.9 Å². The fraction of sp³-hybridized carbons (Fsp3) is 0.182. The van der Waals surface area contributed by atoms with E-state index in [4.69, 9.17) is 4.42 Å². The van der Waals surface area contributed by atoms with E-state index in [9.17, 15) is 0 Å². The lowest BCUT2D eigenvalue weighted by Crippen LogP contribution is -1.84. The lowest BCUT2D eigenvalue weighted by Gasteiger charge is -2.02. The Morgan fingerprint density at radius 2 is 2.21 bits per heavy atom. The van der Waals surface area contributed by atoms with E-state index in [0.29, 0.717) is 0 Å². The number of nitrogens with zero attached hydrogens (tertiary/aromatic N) is 1. The molecule has 0 atom stereocenters. The van der Waals surface area contributed by atoms with Gasteiger partial charge in [0.15, 0.2) is 0 Å². The highest BCUT2D eigenvalue weighted by atomic mass is 32.2. The molecular weight excluding hydrogens is 194 g/mol. The number of aryl methyl sites for hydroxylation is 1. The van der Waals surface area contributed by atoms with Crippen molar-refractivity contribution in [2.75, 3.05) is 0 Å². The third kappa shape index (κ3) is 2.17. The molecule has 1 heterocycles. The molecule has 0 aliphatic heterocycles. The molecule has 0 N–H and O–H groups in total. The first kappa shape index (κ1) is 9.34. The van der Waals surface area contributed by atoms with Crippen LogP contribution in [0.3, 0.4) is 0 Å². The van der Waals surface area contributed by atoms with Crippen LogP contribution in [0, 0.1) is 6.92 Å². The van der Waals surface area contributed by atoms with E-state index in [1.807, 2.05) is 0 Å². The van der Waals surface area contributed by atoms with Crippen LogP contribution in [0.4, 0.5) is 0 Å². The van der Waals surface area contributed by atoms with Gasteiger partial charge in [0, 0.05) is 5.75 Å². The number of hydrogen-bond acceptors (Lipinski definition) is 3. The zero-order valence-electron chi connectivity index (χ0n) is 7.93. The van der Waals surface area contributed by atoms with Gasteiger partial charge in [-0.25, -0.2) is 4.98 Å². The van der Waals surface area contributed by atoms with Crippen LogP contribution in [-0.4, -0.2) is 4.98 Å². The largest absolute Gasteiger partial charge is 0.440 e. The number of thioether (sulfide) groups is 1. The van der Waals surface area contributed by atoms with Crippen LogP contribution in [0.5, 0.6) is 0 Å². The van der Waals surface area contributed by atoms with Gasteiger partial charge in [-0.1, -0.05) is 36.0 Å². The number of benzene rings is 1. The van der Waals surface area contributed by atoms with Crippen molar-refractivity contribution in [3.05, 3.63) is 47.9 Å². The van der Waals surface area contributed by atoms with Gasteiger partial charge in [-0.2, -0.15) is 0 Å². The molecule has 3 heteroatoms. The van der Waals surface area contributed by atoms with Gasteiger partial charge < -0.3 is 4.42 Å². The van der Waals surface area contributed by atoms with Gasteiger partial charge in [-0.15, -0.1) is 0 Å². The van der Waals surface area contributed by atoms with Gasteiger partial charge in [-0.05, 0) is 18.1 Å². The Balaban J connectivity index is 2.02. The van der Waals surface area contributed by atoms with E-state index in [1.54, 1.807) is 24.2 Å². The van der Waals surface area contributed by atoms with Crippen molar-refractivity contribution < 1.29 is 4.42 Å². The zero-order chi connectivity index (χ0) is 9.80. The van der Waals surface area contributed by atoms with Gasteiger partial charge >= 0.3 is 0 Å². The van der Waals surface area contributed by atoms with Crippen molar-refractivity contribution in [3.8, 4) is 0 Å². The predicted molar refractivity (Wildman–Crippen MR) is 57.2 cm³/mol. The molecule has 0 bridgehead atoms. The summed E-state index contributed by atoms with van der Waals surface area (Å²) >= 11 is 1.62. The lowest BCUT2D eigenvalue weighted by atomic mass is 10.1. The molecule has 0 saturated carbocycles. The summed E-state index contributed by atoms with van der Waals surface area (Å²) in [6.45, 7) is 2.12. The Morgan fingerprint density at radius 3 is 2.93 bits per heavy atom. The van der Waals surface area contributed by atoms with Crippen LogP contribution in [0.25, 0.3) is 0 Å². The average Bonchev–Trinajstić information content (AvgIpc) is 2.69. The van der Waals surface area contributed by atoms with Crippen LogP contribution in [0.2, 0.25) is 0 Å². The van der Waals surface area contributed by atoms with Crippen molar-refractivity contribution >= 4 is 11.8 Å². The summed E-state index contributed by atoms with van der Waals surface area (Å²) in [5.74, 6) is 0.910. The second kappa shape index (κ2) is 4.33. The number of oxazole rings is 1. The molecule has 2 nitrogen and oxygen atoms in total. The molecule has 2 aromatic rings. The average molecular weight is 205 g/mol. The summed E-state index contributed by atoms with van der Waals surface area (Å²) in [6, 6.07) is 8.35. The third-order valence-electron chi connectivity index (χ3n) is 2.02. The molecule has 14 heavy (non-hydrogen) atoms. The van der Waals surface area contributed by atoms with E-state index in [1.165, 1.54) is 11.1 Å². The summed E-state index contributed by atoms with van der Waals surface area (Å²) in [5, 5.41) is 0.730. The van der Waals surface area contributed by atoms with Gasteiger partial charge in [0.2, 0.25) is 0 Å². The van der Waals surface area contributed by atoms with E-state index in [-0.39, 0.29) is 0 Å². The summed E-state index contributed by atoms with van der Waals surface area (Å²) < 4.78 is 5.15. The molecule has 72 valence electrons. The normalized spacial score (nSPS) is 10.4. The van der Waals surface area contributed by atoms with Crippen LogP contribution >= 0.6 is 11.8 Å². The minimum Gasteiger partial charge on any atom is -0.440 e. The van der Waals surface area contributed by atoms with Gasteiger partial charge in [-0.3, -0.25) is 0 Å². The molecule has 0 radical (unpaired) electrons. The second-order valence-corrected chi connectivity index (χ2v) is 3.94. The second-order valence-electron chi connectivity index (χ2n) is 3.01. The molecule has 0 aliphatic rings. The van der Waals surface area contributed by atoms with E-state index in [0.717, 1.165) is 11.0 Å². The first-order valence-corrected chi connectivity index (χ1v) is 5.41. The van der Waals surface area contributed by atoms with Crippen LogP contribution < -0.4 is 0 Å². The molecular formula is C11H11NOS. The maximum absolute atomic E-state index is 5.15. The number of hydrogen-bond donors (Lipinski definition) is 0. The van der Waals surface area contributed by atoms with E-state index in [2.05, 4.69) is 36.2 Å². The highest BCUT2D eigenvalue weighted by Crippen LogP contribution is 2.22. The molecule has 0 aliphatic carbocycles. The lowest BCUT2D eigenvalue weighted by molar-refractivity contribution is 0.454. The summed E-state index contributed by atoms with van der Waals surface area (Å²) in [4.78, 5) is 4.06. The van der Waals surface area contributed by atoms with Crippen LogP contribution in [-0.2, 0) is 5.75 Å². The summed E-state index contributed by atoms with van der Waals surface area (Å²) in [5.41, 5.74) is 2.64. The molecule has 0 saturated heterocycles. The van der Waals surface area contributed by atoms with E-state index < -0.39 is 0 Å². The fourth-order valence-electron chi connectivity index (χ4n) is 1.19. The van der Waals surface area contributed by atoms with Crippen molar-refractivity contribution in [1.82, 2.24) is 4.98 Å². The summed E-state index contributed by atoms with van der Waals surface area (Å²) in [7, 11) is 0. The smallest absolute Gasteiger partial charge is 0.255 e.